The molecule has 0 aromatic heterocycles. The zero-order valence-corrected chi connectivity index (χ0v) is 15.3. The molecule has 0 radical (unpaired) electrons. The van der Waals surface area contributed by atoms with E-state index in [4.69, 9.17) is 10.8 Å². The van der Waals surface area contributed by atoms with Crippen molar-refractivity contribution >= 4 is 6.09 Å². The van der Waals surface area contributed by atoms with Gasteiger partial charge >= 0.3 is 6.09 Å². The first-order valence-corrected chi connectivity index (χ1v) is 9.09. The van der Waals surface area contributed by atoms with Crippen LogP contribution in [-0.4, -0.2) is 53.1 Å². The van der Waals surface area contributed by atoms with Crippen LogP contribution in [0.2, 0.25) is 0 Å². The van der Waals surface area contributed by atoms with Gasteiger partial charge in [0.2, 0.25) is 5.92 Å². The summed E-state index contributed by atoms with van der Waals surface area (Å²) in [5, 5.41) is 9.07. The Morgan fingerprint density at radius 2 is 1.77 bits per heavy atom. The molecule has 1 saturated heterocycles. The number of carboxylic acid groups (broad SMARTS) is 1. The van der Waals surface area contributed by atoms with E-state index in [1.54, 1.807) is 0 Å². The molecule has 2 fully saturated rings. The van der Waals surface area contributed by atoms with Gasteiger partial charge in [-0.1, -0.05) is 24.3 Å². The number of hydrogen-bond donors (Lipinski definition) is 2. The summed E-state index contributed by atoms with van der Waals surface area (Å²) in [6, 6.07) is 7.88. The number of halogens is 2. The van der Waals surface area contributed by atoms with Crippen LogP contribution in [0.4, 0.5) is 13.6 Å². The Labute approximate surface area is 152 Å². The number of likely N-dealkylation sites (tertiary alicyclic amines) is 1. The van der Waals surface area contributed by atoms with Gasteiger partial charge in [0.15, 0.2) is 0 Å². The maximum atomic E-state index is 13.8. The van der Waals surface area contributed by atoms with Crippen molar-refractivity contribution in [3.8, 4) is 0 Å². The maximum absolute atomic E-state index is 13.8. The summed E-state index contributed by atoms with van der Waals surface area (Å²) in [6.07, 6.45) is -0.515. The molecule has 1 atom stereocenters. The number of amides is 1. The molecule has 7 heteroatoms. The van der Waals surface area contributed by atoms with Crippen LogP contribution in [0.1, 0.15) is 49.8 Å². The molecule has 26 heavy (non-hydrogen) atoms. The van der Waals surface area contributed by atoms with E-state index in [2.05, 4.69) is 4.90 Å². The molecule has 1 heterocycles. The molecule has 1 aliphatic heterocycles. The van der Waals surface area contributed by atoms with Crippen molar-refractivity contribution in [1.82, 2.24) is 9.80 Å². The number of carbonyl (C=O) groups is 1. The first-order valence-electron chi connectivity index (χ1n) is 9.09. The van der Waals surface area contributed by atoms with E-state index in [1.807, 2.05) is 38.2 Å². The number of alkyl halides is 2. The van der Waals surface area contributed by atoms with Crippen molar-refractivity contribution in [3.63, 3.8) is 0 Å². The summed E-state index contributed by atoms with van der Waals surface area (Å²) in [4.78, 5) is 14.5. The number of likely N-dealkylation sites (N-methyl/N-ethyl adjacent to an activating group) is 1. The first-order chi connectivity index (χ1) is 12.1. The monoisotopic (exact) mass is 367 g/mol. The van der Waals surface area contributed by atoms with E-state index in [0.717, 1.165) is 11.1 Å². The van der Waals surface area contributed by atoms with Gasteiger partial charge in [-0.15, -0.1) is 0 Å². The number of hydrogen-bond acceptors (Lipinski definition) is 3. The van der Waals surface area contributed by atoms with Gasteiger partial charge in [-0.05, 0) is 37.9 Å². The zero-order chi connectivity index (χ0) is 19.1. The average Bonchev–Trinajstić information content (AvgIpc) is 2.53. The summed E-state index contributed by atoms with van der Waals surface area (Å²) in [5.74, 6) is -2.62. The van der Waals surface area contributed by atoms with Gasteiger partial charge in [-0.3, -0.25) is 4.90 Å². The van der Waals surface area contributed by atoms with E-state index in [9.17, 15) is 13.6 Å². The molecule has 0 unspecified atom stereocenters. The standard InChI is InChI=1S/C19H27F2N3O2/c1-13(22)14-3-5-15(6-4-14)18(7-9-19(20,21)10-8-18)23(2)16-11-24(12-16)17(25)26/h3-6,13,16H,7-12,22H2,1-2H3,(H,25,26)/t13-/m0/s1. The fraction of sp³-hybridized carbons (Fsp3) is 0.632. The highest BCUT2D eigenvalue weighted by Crippen LogP contribution is 2.48. The van der Waals surface area contributed by atoms with Crippen LogP contribution in [0.15, 0.2) is 24.3 Å². The second-order valence-corrected chi connectivity index (χ2v) is 7.75. The van der Waals surface area contributed by atoms with E-state index in [-0.39, 0.29) is 24.9 Å². The molecule has 5 nitrogen and oxygen atoms in total. The van der Waals surface area contributed by atoms with Crippen LogP contribution in [0, 0.1) is 0 Å². The van der Waals surface area contributed by atoms with Gasteiger partial charge in [0.1, 0.15) is 0 Å². The van der Waals surface area contributed by atoms with Crippen LogP contribution in [0.5, 0.6) is 0 Å². The normalized spacial score (nSPS) is 23.5. The van der Waals surface area contributed by atoms with Crippen molar-refractivity contribution in [1.29, 1.82) is 0 Å². The molecule has 3 N–H and O–H groups in total. The lowest BCUT2D eigenvalue weighted by Crippen LogP contribution is -2.65. The van der Waals surface area contributed by atoms with Crippen LogP contribution in [0.25, 0.3) is 0 Å². The minimum absolute atomic E-state index is 0.0472. The quantitative estimate of drug-likeness (QED) is 0.856. The molecular weight excluding hydrogens is 340 g/mol. The van der Waals surface area contributed by atoms with E-state index in [0.29, 0.717) is 25.9 Å². The van der Waals surface area contributed by atoms with Gasteiger partial charge in [0.05, 0.1) is 0 Å². The van der Waals surface area contributed by atoms with Gasteiger partial charge in [0.25, 0.3) is 0 Å². The Kier molecular flexibility index (Phi) is 4.96. The van der Waals surface area contributed by atoms with Gasteiger partial charge in [-0.25, -0.2) is 13.6 Å². The van der Waals surface area contributed by atoms with E-state index >= 15 is 0 Å². The van der Waals surface area contributed by atoms with Crippen molar-refractivity contribution < 1.29 is 18.7 Å². The smallest absolute Gasteiger partial charge is 0.407 e. The van der Waals surface area contributed by atoms with Gasteiger partial charge < -0.3 is 15.7 Å². The summed E-state index contributed by atoms with van der Waals surface area (Å²) < 4.78 is 27.7. The summed E-state index contributed by atoms with van der Waals surface area (Å²) in [5.41, 5.74) is 7.45. The largest absolute Gasteiger partial charge is 0.465 e. The zero-order valence-electron chi connectivity index (χ0n) is 15.3. The Morgan fingerprint density at radius 3 is 2.23 bits per heavy atom. The molecule has 1 aliphatic carbocycles. The van der Waals surface area contributed by atoms with Crippen molar-refractivity contribution in [2.45, 2.75) is 56.2 Å². The predicted octanol–water partition coefficient (Wildman–Crippen LogP) is 3.40. The third-order valence-corrected chi connectivity index (χ3v) is 6.14. The molecule has 0 spiro atoms. The molecule has 0 bridgehead atoms. The molecular formula is C19H27F2N3O2. The lowest BCUT2D eigenvalue weighted by Gasteiger charge is -2.54. The summed E-state index contributed by atoms with van der Waals surface area (Å²) in [6.45, 7) is 2.75. The maximum Gasteiger partial charge on any atom is 0.407 e. The highest BCUT2D eigenvalue weighted by Gasteiger charge is 2.50. The van der Waals surface area contributed by atoms with Crippen molar-refractivity contribution in [3.05, 3.63) is 35.4 Å². The summed E-state index contributed by atoms with van der Waals surface area (Å²) >= 11 is 0. The second kappa shape index (κ2) is 6.78. The number of rotatable bonds is 4. The fourth-order valence-corrected chi connectivity index (χ4v) is 4.18. The Morgan fingerprint density at radius 1 is 1.23 bits per heavy atom. The number of nitrogens with two attached hydrogens (primary N) is 1. The Hall–Kier alpha value is -1.73. The van der Waals surface area contributed by atoms with Crippen molar-refractivity contribution in [2.24, 2.45) is 5.73 Å². The van der Waals surface area contributed by atoms with E-state index < -0.39 is 17.6 Å². The van der Waals surface area contributed by atoms with Gasteiger partial charge in [0, 0.05) is 43.6 Å². The topological polar surface area (TPSA) is 69.8 Å². The summed E-state index contributed by atoms with van der Waals surface area (Å²) in [7, 11) is 1.94. The first kappa shape index (κ1) is 19.0. The number of benzene rings is 1. The molecule has 144 valence electrons. The molecule has 2 aliphatic rings. The third-order valence-electron chi connectivity index (χ3n) is 6.14. The molecule has 3 rings (SSSR count). The van der Waals surface area contributed by atoms with E-state index in [1.165, 1.54) is 4.90 Å². The number of nitrogens with zero attached hydrogens (tertiary/aromatic N) is 2. The van der Waals surface area contributed by atoms with Crippen LogP contribution < -0.4 is 5.73 Å². The highest BCUT2D eigenvalue weighted by atomic mass is 19.3. The minimum atomic E-state index is -2.62. The van der Waals surface area contributed by atoms with Crippen LogP contribution in [0.3, 0.4) is 0 Å². The minimum Gasteiger partial charge on any atom is -0.465 e. The molecule has 1 aromatic rings. The van der Waals surface area contributed by atoms with Crippen LogP contribution >= 0.6 is 0 Å². The molecule has 1 aromatic carbocycles. The fourth-order valence-electron chi connectivity index (χ4n) is 4.18. The highest BCUT2D eigenvalue weighted by molar-refractivity contribution is 5.66. The van der Waals surface area contributed by atoms with Crippen molar-refractivity contribution in [2.75, 3.05) is 20.1 Å². The Balaban J connectivity index is 1.87. The lowest BCUT2D eigenvalue weighted by molar-refractivity contribution is -0.101. The van der Waals surface area contributed by atoms with Crippen LogP contribution in [-0.2, 0) is 5.54 Å². The third kappa shape index (κ3) is 3.42. The second-order valence-electron chi connectivity index (χ2n) is 7.75. The molecule has 1 amide bonds. The predicted molar refractivity (Wildman–Crippen MR) is 95.3 cm³/mol. The SMILES string of the molecule is C[C@H](N)c1ccc(C2(N(C)C3CN(C(=O)O)C3)CCC(F)(F)CC2)cc1. The van der Waals surface area contributed by atoms with Gasteiger partial charge in [-0.2, -0.15) is 0 Å². The lowest BCUT2D eigenvalue weighted by atomic mass is 9.73. The average molecular weight is 367 g/mol. The molecule has 1 saturated carbocycles. The Bertz CT molecular complexity index is 647.